The zero-order chi connectivity index (χ0) is 19.2. The summed E-state index contributed by atoms with van der Waals surface area (Å²) in [5.41, 5.74) is 8.33. The lowest BCUT2D eigenvalue weighted by Gasteiger charge is -2.20. The van der Waals surface area contributed by atoms with Crippen LogP contribution in [0.1, 0.15) is 39.5 Å². The molecule has 1 aliphatic heterocycles. The van der Waals surface area contributed by atoms with Gasteiger partial charge < -0.3 is 18.9 Å². The molecule has 11 heteroatoms. The van der Waals surface area contributed by atoms with E-state index in [0.29, 0.717) is 13.2 Å². The van der Waals surface area contributed by atoms with Gasteiger partial charge in [0.2, 0.25) is 0 Å². The molecule has 5 atom stereocenters. The monoisotopic (exact) mass is 394 g/mol. The van der Waals surface area contributed by atoms with Crippen LogP contribution in [-0.4, -0.2) is 62.5 Å². The van der Waals surface area contributed by atoms with Gasteiger partial charge in [-0.2, -0.15) is 0 Å². The van der Waals surface area contributed by atoms with Gasteiger partial charge in [-0.1, -0.05) is 31.8 Å². The molecule has 0 saturated carbocycles. The number of ether oxygens (including phenoxy) is 4. The molecule has 26 heavy (non-hydrogen) atoms. The predicted octanol–water partition coefficient (Wildman–Crippen LogP) is 3.08. The van der Waals surface area contributed by atoms with Gasteiger partial charge in [0.15, 0.2) is 12.4 Å². The maximum Gasteiger partial charge on any atom is 0.695 e. The second-order valence-corrected chi connectivity index (χ2v) is 6.48. The first-order valence-electron chi connectivity index (χ1n) is 8.94. The van der Waals surface area contributed by atoms with Crippen molar-refractivity contribution in [2.24, 2.45) is 5.11 Å². The third-order valence-corrected chi connectivity index (χ3v) is 4.17. The fourth-order valence-electron chi connectivity index (χ4n) is 2.43. The van der Waals surface area contributed by atoms with Crippen LogP contribution in [0.5, 0.6) is 0 Å². The first-order valence-corrected chi connectivity index (χ1v) is 10.1. The number of hydrogen-bond acceptors (Lipinski definition) is 7. The van der Waals surface area contributed by atoms with Crippen molar-refractivity contribution in [1.82, 2.24) is 0 Å². The van der Waals surface area contributed by atoms with Crippen LogP contribution in [0.3, 0.4) is 0 Å². The van der Waals surface area contributed by atoms with Crippen LogP contribution < -0.4 is 0 Å². The van der Waals surface area contributed by atoms with Gasteiger partial charge in [0, 0.05) is 29.2 Å². The van der Waals surface area contributed by atoms with E-state index in [1.54, 1.807) is 0 Å². The molecule has 0 spiro atoms. The molecule has 1 rings (SSSR count). The van der Waals surface area contributed by atoms with E-state index < -0.39 is 32.9 Å². The van der Waals surface area contributed by atoms with E-state index in [1.165, 1.54) is 0 Å². The first kappa shape index (κ1) is 23.2. The average molecular weight is 394 g/mol. The topological polar surface area (TPSA) is 132 Å². The lowest BCUT2D eigenvalue weighted by molar-refractivity contribution is -0.180. The summed E-state index contributed by atoms with van der Waals surface area (Å²) in [6.07, 6.45) is 0.855. The molecular weight excluding hydrogens is 365 g/mol. The fourth-order valence-corrected chi connectivity index (χ4v) is 2.90. The Hall–Kier alpha value is -0.830. The van der Waals surface area contributed by atoms with Crippen molar-refractivity contribution < 1.29 is 32.9 Å². The Labute approximate surface area is 154 Å². The zero-order valence-electron chi connectivity index (χ0n) is 15.4. The predicted molar refractivity (Wildman–Crippen MR) is 93.7 cm³/mol. The molecule has 1 heterocycles. The molecular formula is C15H29N3O7P+. The molecule has 1 N–H and O–H groups in total. The second-order valence-electron chi connectivity index (χ2n) is 5.79. The van der Waals surface area contributed by atoms with E-state index in [0.717, 1.165) is 25.7 Å². The largest absolute Gasteiger partial charge is 0.695 e. The van der Waals surface area contributed by atoms with Crippen molar-refractivity contribution in [3.8, 4) is 0 Å². The molecule has 1 saturated heterocycles. The van der Waals surface area contributed by atoms with Crippen molar-refractivity contribution >= 4 is 8.25 Å². The molecule has 150 valence electrons. The normalized spacial score (nSPS) is 25.9. The highest BCUT2D eigenvalue weighted by Crippen LogP contribution is 2.33. The highest BCUT2D eigenvalue weighted by atomic mass is 31.1. The van der Waals surface area contributed by atoms with Crippen molar-refractivity contribution in [2.45, 2.75) is 64.1 Å². The molecule has 10 nitrogen and oxygen atoms in total. The van der Waals surface area contributed by atoms with Gasteiger partial charge in [-0.15, -0.1) is 9.42 Å². The number of rotatable bonds is 15. The minimum atomic E-state index is -2.83. The Balaban J connectivity index is 2.73. The molecule has 0 aliphatic carbocycles. The van der Waals surface area contributed by atoms with Crippen molar-refractivity contribution in [3.63, 3.8) is 0 Å². The van der Waals surface area contributed by atoms with Crippen molar-refractivity contribution in [3.05, 3.63) is 10.4 Å². The molecule has 0 amide bonds. The van der Waals surface area contributed by atoms with Crippen LogP contribution in [0, 0.1) is 0 Å². The Morgan fingerprint density at radius 1 is 1.15 bits per heavy atom. The second kappa shape index (κ2) is 14.3. The van der Waals surface area contributed by atoms with Crippen LogP contribution in [0.15, 0.2) is 5.11 Å². The van der Waals surface area contributed by atoms with Gasteiger partial charge in [0.25, 0.3) is 0 Å². The first-order chi connectivity index (χ1) is 12.6. The third-order valence-electron chi connectivity index (χ3n) is 3.75. The SMILES string of the molecule is CCCCOC[C@H]1O[C@@H](OCCN=[N+]=[N-])[C@@H](OCCCC)C1O[P+](=O)O. The Kier molecular flexibility index (Phi) is 12.7. The minimum Gasteiger partial charge on any atom is -0.379 e. The van der Waals surface area contributed by atoms with Crippen molar-refractivity contribution in [1.29, 1.82) is 0 Å². The Bertz CT molecular complexity index is 451. The smallest absolute Gasteiger partial charge is 0.379 e. The standard InChI is InChI=1S/C15H28N3O7P/c1-3-5-8-21-11-12-13(25-26(19)20)14(22-9-6-4-2)15(24-12)23-10-7-17-18-16/h12-15H,3-11H2,1-2H3/p+1/t12-,13?,14+,15-/m1/s1. The summed E-state index contributed by atoms with van der Waals surface area (Å²) in [5, 5.41) is 3.41. The highest BCUT2D eigenvalue weighted by Gasteiger charge is 2.51. The number of unbranched alkanes of at least 4 members (excludes halogenated alkanes) is 2. The van der Waals surface area contributed by atoms with E-state index in [-0.39, 0.29) is 19.8 Å². The minimum absolute atomic E-state index is 0.143. The van der Waals surface area contributed by atoms with E-state index >= 15 is 0 Å². The lowest BCUT2D eigenvalue weighted by atomic mass is 10.1. The maximum atomic E-state index is 11.2. The van der Waals surface area contributed by atoms with Gasteiger partial charge in [0.1, 0.15) is 12.2 Å². The summed E-state index contributed by atoms with van der Waals surface area (Å²) in [6, 6.07) is 0. The van der Waals surface area contributed by atoms with Gasteiger partial charge >= 0.3 is 8.25 Å². The summed E-state index contributed by atoms with van der Waals surface area (Å²) in [6.45, 7) is 5.61. The summed E-state index contributed by atoms with van der Waals surface area (Å²) in [5.74, 6) is 0. The van der Waals surface area contributed by atoms with Crippen LogP contribution in [0.25, 0.3) is 10.4 Å². The van der Waals surface area contributed by atoms with E-state index in [4.69, 9.17) is 29.0 Å². The zero-order valence-corrected chi connectivity index (χ0v) is 16.3. The number of hydrogen-bond donors (Lipinski definition) is 1. The average Bonchev–Trinajstić information content (AvgIpc) is 2.92. The van der Waals surface area contributed by atoms with Gasteiger partial charge in [-0.25, -0.2) is 0 Å². The number of azide groups is 1. The van der Waals surface area contributed by atoms with Crippen LogP contribution in [-0.2, 0) is 28.0 Å². The van der Waals surface area contributed by atoms with Crippen LogP contribution >= 0.6 is 8.25 Å². The van der Waals surface area contributed by atoms with E-state index in [1.807, 2.05) is 6.92 Å². The fraction of sp³-hybridized carbons (Fsp3) is 1.00. The molecule has 1 fully saturated rings. The Morgan fingerprint density at radius 2 is 1.88 bits per heavy atom. The summed E-state index contributed by atoms with van der Waals surface area (Å²) in [4.78, 5) is 11.9. The molecule has 0 aromatic rings. The molecule has 1 aliphatic rings. The van der Waals surface area contributed by atoms with E-state index in [9.17, 15) is 9.46 Å². The molecule has 0 bridgehead atoms. The Morgan fingerprint density at radius 3 is 2.54 bits per heavy atom. The van der Waals surface area contributed by atoms with Gasteiger partial charge in [-0.05, 0) is 18.4 Å². The molecule has 0 aromatic carbocycles. The molecule has 0 radical (unpaired) electrons. The molecule has 2 unspecified atom stereocenters. The summed E-state index contributed by atoms with van der Waals surface area (Å²) < 4.78 is 39.2. The summed E-state index contributed by atoms with van der Waals surface area (Å²) in [7, 11) is -2.83. The van der Waals surface area contributed by atoms with Crippen molar-refractivity contribution in [2.75, 3.05) is 33.0 Å². The summed E-state index contributed by atoms with van der Waals surface area (Å²) >= 11 is 0. The number of nitrogens with zero attached hydrogens (tertiary/aromatic N) is 3. The van der Waals surface area contributed by atoms with E-state index in [2.05, 4.69) is 16.9 Å². The van der Waals surface area contributed by atoms with Gasteiger partial charge in [-0.3, -0.25) is 0 Å². The molecule has 0 aromatic heterocycles. The maximum absolute atomic E-state index is 11.2. The van der Waals surface area contributed by atoms with Crippen LogP contribution in [0.2, 0.25) is 0 Å². The highest BCUT2D eigenvalue weighted by molar-refractivity contribution is 7.32. The van der Waals surface area contributed by atoms with Gasteiger partial charge in [0.05, 0.1) is 13.2 Å². The van der Waals surface area contributed by atoms with Crippen LogP contribution in [0.4, 0.5) is 0 Å². The third kappa shape index (κ3) is 8.70. The quantitative estimate of drug-likeness (QED) is 0.148. The lowest BCUT2D eigenvalue weighted by Crippen LogP contribution is -2.39.